The summed E-state index contributed by atoms with van der Waals surface area (Å²) in [5.41, 5.74) is -0.111. The van der Waals surface area contributed by atoms with Crippen LogP contribution in [0.5, 0.6) is 0 Å². The summed E-state index contributed by atoms with van der Waals surface area (Å²) in [6, 6.07) is 0. The van der Waals surface area contributed by atoms with E-state index in [2.05, 4.69) is 6.92 Å². The van der Waals surface area contributed by atoms with Gasteiger partial charge in [0.1, 0.15) is 0 Å². The Hall–Kier alpha value is -0.240. The smallest absolute Gasteiger partial charge is 0.228 e. The van der Waals surface area contributed by atoms with Crippen molar-refractivity contribution in [3.8, 4) is 0 Å². The zero-order valence-corrected chi connectivity index (χ0v) is 10.1. The Balaban J connectivity index is 2.55. The summed E-state index contributed by atoms with van der Waals surface area (Å²) < 4.78 is 0. The van der Waals surface area contributed by atoms with Crippen LogP contribution >= 0.6 is 11.6 Å². The van der Waals surface area contributed by atoms with Gasteiger partial charge in [0.05, 0.1) is 0 Å². The minimum Gasteiger partial charge on any atom is -0.344 e. The second-order valence-corrected chi connectivity index (χ2v) is 5.48. The number of hydrogen-bond acceptors (Lipinski definition) is 1. The summed E-state index contributed by atoms with van der Waals surface area (Å²) in [6.45, 7) is 4.65. The van der Waals surface area contributed by atoms with Gasteiger partial charge in [-0.25, -0.2) is 0 Å². The van der Waals surface area contributed by atoms with Crippen LogP contribution in [-0.2, 0) is 4.79 Å². The van der Waals surface area contributed by atoms with Crippen molar-refractivity contribution in [1.82, 2.24) is 4.90 Å². The van der Waals surface area contributed by atoms with Gasteiger partial charge in [-0.15, -0.1) is 11.6 Å². The molecule has 0 radical (unpaired) electrons. The number of hydrogen-bond donors (Lipinski definition) is 0. The van der Waals surface area contributed by atoms with Gasteiger partial charge in [0, 0.05) is 24.4 Å². The van der Waals surface area contributed by atoms with Crippen LogP contribution in [0.2, 0.25) is 0 Å². The lowest BCUT2D eigenvalue weighted by Crippen LogP contribution is -2.40. The van der Waals surface area contributed by atoms with Gasteiger partial charge >= 0.3 is 0 Å². The first-order valence-electron chi connectivity index (χ1n) is 5.35. The first kappa shape index (κ1) is 11.8. The minimum atomic E-state index is -0.111. The topological polar surface area (TPSA) is 20.3 Å². The summed E-state index contributed by atoms with van der Waals surface area (Å²) in [5, 5.41) is 0.0361. The molecule has 0 spiro atoms. The van der Waals surface area contributed by atoms with Gasteiger partial charge < -0.3 is 4.90 Å². The number of rotatable bonds is 3. The standard InChI is InChI=1S/C11H20ClNO/c1-9(12)8-13(3)10(14)11(2)6-4-5-7-11/h9H,4-8H2,1-3H3. The summed E-state index contributed by atoms with van der Waals surface area (Å²) >= 11 is 5.87. The average Bonchev–Trinajstić information content (AvgIpc) is 2.51. The quantitative estimate of drug-likeness (QED) is 0.666. The fourth-order valence-electron chi connectivity index (χ4n) is 2.29. The lowest BCUT2D eigenvalue weighted by Gasteiger charge is -2.29. The second-order valence-electron chi connectivity index (χ2n) is 4.73. The Morgan fingerprint density at radius 1 is 1.50 bits per heavy atom. The highest BCUT2D eigenvalue weighted by atomic mass is 35.5. The molecule has 0 aromatic heterocycles. The van der Waals surface area contributed by atoms with Crippen molar-refractivity contribution in [2.24, 2.45) is 5.41 Å². The predicted molar refractivity (Wildman–Crippen MR) is 59.5 cm³/mol. The van der Waals surface area contributed by atoms with Crippen LogP contribution in [0.3, 0.4) is 0 Å². The van der Waals surface area contributed by atoms with E-state index in [1.807, 2.05) is 14.0 Å². The van der Waals surface area contributed by atoms with Crippen LogP contribution in [0, 0.1) is 5.41 Å². The van der Waals surface area contributed by atoms with E-state index in [1.54, 1.807) is 4.90 Å². The average molecular weight is 218 g/mol. The Morgan fingerprint density at radius 2 is 2.00 bits per heavy atom. The first-order valence-corrected chi connectivity index (χ1v) is 5.79. The maximum absolute atomic E-state index is 12.1. The SMILES string of the molecule is CC(Cl)CN(C)C(=O)C1(C)CCCC1. The molecule has 0 aliphatic heterocycles. The zero-order chi connectivity index (χ0) is 10.8. The third-order valence-corrected chi connectivity index (χ3v) is 3.23. The number of carbonyl (C=O) groups excluding carboxylic acids is 1. The Morgan fingerprint density at radius 3 is 2.43 bits per heavy atom. The normalized spacial score (nSPS) is 22.0. The summed E-state index contributed by atoms with van der Waals surface area (Å²) in [7, 11) is 1.85. The van der Waals surface area contributed by atoms with Crippen LogP contribution in [0.25, 0.3) is 0 Å². The van der Waals surface area contributed by atoms with E-state index in [1.165, 1.54) is 12.8 Å². The van der Waals surface area contributed by atoms with Gasteiger partial charge in [0.25, 0.3) is 0 Å². The van der Waals surface area contributed by atoms with Crippen LogP contribution in [0.4, 0.5) is 0 Å². The molecule has 1 aliphatic carbocycles. The molecule has 1 amide bonds. The number of alkyl halides is 1. The van der Waals surface area contributed by atoms with E-state index in [-0.39, 0.29) is 16.7 Å². The van der Waals surface area contributed by atoms with Crippen LogP contribution < -0.4 is 0 Å². The van der Waals surface area contributed by atoms with E-state index in [0.717, 1.165) is 12.8 Å². The highest BCUT2D eigenvalue weighted by Gasteiger charge is 2.38. The number of halogens is 1. The largest absolute Gasteiger partial charge is 0.344 e. The number of carbonyl (C=O) groups is 1. The summed E-state index contributed by atoms with van der Waals surface area (Å²) in [5.74, 6) is 0.266. The van der Waals surface area contributed by atoms with Gasteiger partial charge in [0.15, 0.2) is 0 Å². The third kappa shape index (κ3) is 2.63. The molecule has 82 valence electrons. The molecule has 0 heterocycles. The molecule has 1 rings (SSSR count). The summed E-state index contributed by atoms with van der Waals surface area (Å²) in [6.07, 6.45) is 4.44. The molecule has 0 saturated heterocycles. The Bertz CT molecular complexity index is 209. The van der Waals surface area contributed by atoms with Crippen molar-refractivity contribution >= 4 is 17.5 Å². The van der Waals surface area contributed by atoms with Crippen molar-refractivity contribution in [2.75, 3.05) is 13.6 Å². The molecular formula is C11H20ClNO. The Labute approximate surface area is 91.6 Å². The van der Waals surface area contributed by atoms with E-state index in [4.69, 9.17) is 11.6 Å². The lowest BCUT2D eigenvalue weighted by atomic mass is 9.87. The molecule has 0 aromatic rings. The van der Waals surface area contributed by atoms with Crippen molar-refractivity contribution in [2.45, 2.75) is 44.9 Å². The Kier molecular flexibility index (Phi) is 3.82. The van der Waals surface area contributed by atoms with E-state index < -0.39 is 0 Å². The monoisotopic (exact) mass is 217 g/mol. The fourth-order valence-corrected chi connectivity index (χ4v) is 2.50. The molecule has 1 fully saturated rings. The molecule has 1 saturated carbocycles. The molecule has 0 bridgehead atoms. The maximum atomic E-state index is 12.1. The lowest BCUT2D eigenvalue weighted by molar-refractivity contribution is -0.139. The van der Waals surface area contributed by atoms with Gasteiger partial charge in [-0.05, 0) is 19.8 Å². The van der Waals surface area contributed by atoms with Gasteiger partial charge in [-0.2, -0.15) is 0 Å². The maximum Gasteiger partial charge on any atom is 0.228 e. The predicted octanol–water partition coefficient (Wildman–Crippen LogP) is 2.65. The number of amides is 1. The van der Waals surface area contributed by atoms with Crippen LogP contribution in [0.1, 0.15) is 39.5 Å². The minimum absolute atomic E-state index is 0.0361. The van der Waals surface area contributed by atoms with Crippen LogP contribution in [0.15, 0.2) is 0 Å². The van der Waals surface area contributed by atoms with Gasteiger partial charge in [0.2, 0.25) is 5.91 Å². The first-order chi connectivity index (χ1) is 6.46. The number of nitrogens with zero attached hydrogens (tertiary/aromatic N) is 1. The van der Waals surface area contributed by atoms with E-state index in [0.29, 0.717) is 6.54 Å². The highest BCUT2D eigenvalue weighted by Crippen LogP contribution is 2.38. The molecular weight excluding hydrogens is 198 g/mol. The molecule has 0 aromatic carbocycles. The molecule has 14 heavy (non-hydrogen) atoms. The molecule has 3 heteroatoms. The molecule has 2 nitrogen and oxygen atoms in total. The molecule has 1 unspecified atom stereocenters. The van der Waals surface area contributed by atoms with Crippen molar-refractivity contribution < 1.29 is 4.79 Å². The van der Waals surface area contributed by atoms with Crippen LogP contribution in [-0.4, -0.2) is 29.8 Å². The molecule has 1 atom stereocenters. The second kappa shape index (κ2) is 4.52. The summed E-state index contributed by atoms with van der Waals surface area (Å²) in [4.78, 5) is 13.9. The molecule has 0 N–H and O–H groups in total. The molecule has 1 aliphatic rings. The van der Waals surface area contributed by atoms with Crippen molar-refractivity contribution in [1.29, 1.82) is 0 Å². The van der Waals surface area contributed by atoms with E-state index >= 15 is 0 Å². The van der Waals surface area contributed by atoms with Gasteiger partial charge in [-0.1, -0.05) is 19.8 Å². The van der Waals surface area contributed by atoms with Crippen molar-refractivity contribution in [3.63, 3.8) is 0 Å². The van der Waals surface area contributed by atoms with E-state index in [9.17, 15) is 4.79 Å². The fraction of sp³-hybridized carbons (Fsp3) is 0.909. The zero-order valence-electron chi connectivity index (χ0n) is 9.35. The highest BCUT2D eigenvalue weighted by molar-refractivity contribution is 6.20. The van der Waals surface area contributed by atoms with Crippen molar-refractivity contribution in [3.05, 3.63) is 0 Å². The third-order valence-electron chi connectivity index (χ3n) is 3.10. The van der Waals surface area contributed by atoms with Gasteiger partial charge in [-0.3, -0.25) is 4.79 Å².